The number of hydrogen-bond donors (Lipinski definition) is 1. The molecule has 0 amide bonds. The fourth-order valence-corrected chi connectivity index (χ4v) is 0.0971. The van der Waals surface area contributed by atoms with Gasteiger partial charge in [0.05, 0.1) is 0 Å². The third kappa shape index (κ3) is 4.63. The van der Waals surface area contributed by atoms with Crippen molar-refractivity contribution < 1.29 is 9.90 Å². The summed E-state index contributed by atoms with van der Waals surface area (Å²) in [6.07, 6.45) is 1.50. The molecule has 1 N–H and O–H groups in total. The van der Waals surface area contributed by atoms with Gasteiger partial charge < -0.3 is 5.11 Å². The SMILES string of the molecule is N#[N+]/C=C/C(=O)O. The average Bonchev–Trinajstić information content (AvgIpc) is 1.61. The highest BCUT2D eigenvalue weighted by Crippen LogP contribution is 1.70. The number of carbonyl (C=O) groups is 1. The molecule has 0 aliphatic carbocycles. The monoisotopic (exact) mass is 99.0 g/mol. The van der Waals surface area contributed by atoms with Gasteiger partial charge in [0.1, 0.15) is 6.08 Å². The summed E-state index contributed by atoms with van der Waals surface area (Å²) < 4.78 is 0. The summed E-state index contributed by atoms with van der Waals surface area (Å²) in [6.45, 7) is 0. The van der Waals surface area contributed by atoms with E-state index in [0.717, 1.165) is 12.3 Å². The second kappa shape index (κ2) is 2.85. The third-order valence-electron chi connectivity index (χ3n) is 0.284. The maximum atomic E-state index is 9.50. The Bertz CT molecular complexity index is 132. The summed E-state index contributed by atoms with van der Waals surface area (Å²) in [6, 6.07) is 0. The van der Waals surface area contributed by atoms with Gasteiger partial charge in [-0.3, -0.25) is 0 Å². The summed E-state index contributed by atoms with van der Waals surface area (Å²) in [5.74, 6) is -1.13. The minimum atomic E-state index is -1.13. The van der Waals surface area contributed by atoms with E-state index in [2.05, 4.69) is 4.98 Å². The van der Waals surface area contributed by atoms with Gasteiger partial charge in [-0.15, -0.1) is 0 Å². The van der Waals surface area contributed by atoms with Crippen LogP contribution in [0.15, 0.2) is 12.3 Å². The zero-order valence-corrected chi connectivity index (χ0v) is 3.40. The Labute approximate surface area is 39.7 Å². The van der Waals surface area contributed by atoms with Crippen LogP contribution in [-0.4, -0.2) is 11.1 Å². The highest BCUT2D eigenvalue weighted by atomic mass is 16.4. The maximum Gasteiger partial charge on any atom is 0.357 e. The number of hydrogen-bond acceptors (Lipinski definition) is 2. The first kappa shape index (κ1) is 5.63. The van der Waals surface area contributed by atoms with Crippen LogP contribution in [0.5, 0.6) is 0 Å². The lowest BCUT2D eigenvalue weighted by Gasteiger charge is -1.63. The number of aliphatic carboxylic acids is 1. The minimum Gasteiger partial charge on any atom is -0.478 e. The zero-order valence-electron chi connectivity index (χ0n) is 3.40. The van der Waals surface area contributed by atoms with E-state index in [0.29, 0.717) is 0 Å². The first-order chi connectivity index (χ1) is 3.27. The van der Waals surface area contributed by atoms with Crippen LogP contribution in [0.1, 0.15) is 0 Å². The molecule has 0 unspecified atom stereocenters. The van der Waals surface area contributed by atoms with Crippen molar-refractivity contribution in [3.63, 3.8) is 0 Å². The van der Waals surface area contributed by atoms with Crippen LogP contribution in [-0.2, 0) is 4.79 Å². The molecule has 0 saturated carbocycles. The molecule has 0 heterocycles. The molecule has 0 fully saturated rings. The number of carboxylic acid groups (broad SMARTS) is 1. The lowest BCUT2D eigenvalue weighted by Crippen LogP contribution is -1.83. The van der Waals surface area contributed by atoms with E-state index in [1.165, 1.54) is 0 Å². The smallest absolute Gasteiger partial charge is 0.357 e. The van der Waals surface area contributed by atoms with Crippen molar-refractivity contribution in [2.24, 2.45) is 0 Å². The molecule has 0 aromatic carbocycles. The van der Waals surface area contributed by atoms with Crippen molar-refractivity contribution in [3.05, 3.63) is 17.3 Å². The topological polar surface area (TPSA) is 65.5 Å². The van der Waals surface area contributed by atoms with Crippen LogP contribution in [0.4, 0.5) is 0 Å². The molecule has 0 radical (unpaired) electrons. The normalized spacial score (nSPS) is 8.43. The fourth-order valence-electron chi connectivity index (χ4n) is 0.0971. The van der Waals surface area contributed by atoms with Crippen molar-refractivity contribution in [3.8, 4) is 0 Å². The molecular formula is C3H3N2O2+. The van der Waals surface area contributed by atoms with Crippen molar-refractivity contribution in [1.29, 1.82) is 5.39 Å². The minimum absolute atomic E-state index is 0.722. The van der Waals surface area contributed by atoms with Crippen LogP contribution in [0, 0.1) is 5.39 Å². The van der Waals surface area contributed by atoms with E-state index in [-0.39, 0.29) is 0 Å². The van der Waals surface area contributed by atoms with Gasteiger partial charge in [0.2, 0.25) is 5.39 Å². The highest BCUT2D eigenvalue weighted by molar-refractivity contribution is 5.79. The van der Waals surface area contributed by atoms with Gasteiger partial charge in [-0.2, -0.15) is 0 Å². The molecule has 4 nitrogen and oxygen atoms in total. The number of carboxylic acids is 1. The van der Waals surface area contributed by atoms with Crippen molar-refractivity contribution in [1.82, 2.24) is 0 Å². The molecule has 0 aromatic rings. The predicted molar refractivity (Wildman–Crippen MR) is 21.9 cm³/mol. The molecule has 0 rings (SSSR count). The Morgan fingerprint density at radius 2 is 2.43 bits per heavy atom. The van der Waals surface area contributed by atoms with Crippen LogP contribution in [0.3, 0.4) is 0 Å². The lowest BCUT2D eigenvalue weighted by atomic mass is 10.6. The first-order valence-corrected chi connectivity index (χ1v) is 1.51. The van der Waals surface area contributed by atoms with Gasteiger partial charge in [-0.25, -0.2) is 4.79 Å². The molecule has 0 atom stereocenters. The van der Waals surface area contributed by atoms with E-state index >= 15 is 0 Å². The van der Waals surface area contributed by atoms with Gasteiger partial charge >= 0.3 is 12.2 Å². The molecule has 0 aromatic heterocycles. The molecule has 0 aliphatic rings. The second-order valence-electron chi connectivity index (χ2n) is 0.769. The van der Waals surface area contributed by atoms with E-state index < -0.39 is 5.97 Å². The van der Waals surface area contributed by atoms with Crippen LogP contribution >= 0.6 is 0 Å². The summed E-state index contributed by atoms with van der Waals surface area (Å²) in [5, 5.41) is 15.4. The molecule has 0 saturated heterocycles. The van der Waals surface area contributed by atoms with E-state index in [1.807, 2.05) is 0 Å². The van der Waals surface area contributed by atoms with Gasteiger partial charge in [0.25, 0.3) is 0 Å². The first-order valence-electron chi connectivity index (χ1n) is 1.51. The number of rotatable bonds is 1. The Hall–Kier alpha value is -1.37. The average molecular weight is 99.1 g/mol. The molecule has 0 aliphatic heterocycles. The summed E-state index contributed by atoms with van der Waals surface area (Å²) >= 11 is 0. The molecule has 0 bridgehead atoms. The Balaban J connectivity index is 3.53. The molecule has 7 heavy (non-hydrogen) atoms. The van der Waals surface area contributed by atoms with E-state index in [9.17, 15) is 4.79 Å². The molecular weight excluding hydrogens is 96.0 g/mol. The largest absolute Gasteiger partial charge is 0.478 e. The molecule has 0 spiro atoms. The van der Waals surface area contributed by atoms with E-state index in [1.54, 1.807) is 0 Å². The lowest BCUT2D eigenvalue weighted by molar-refractivity contribution is -0.131. The number of nitrogens with zero attached hydrogens (tertiary/aromatic N) is 2. The van der Waals surface area contributed by atoms with Crippen LogP contribution in [0.25, 0.3) is 4.98 Å². The Kier molecular flexibility index (Phi) is 2.29. The summed E-state index contributed by atoms with van der Waals surface area (Å²) in [7, 11) is 0. The van der Waals surface area contributed by atoms with Crippen molar-refractivity contribution in [2.75, 3.05) is 0 Å². The standard InChI is InChI=1S/C3H2N2O2/c4-5-2-1-3(6)7/h1-2H/p+1/b2-1+. The predicted octanol–water partition coefficient (Wildman–Crippen LogP) is 0.438. The van der Waals surface area contributed by atoms with Gasteiger partial charge in [0, 0.05) is 0 Å². The second-order valence-corrected chi connectivity index (χ2v) is 0.769. The van der Waals surface area contributed by atoms with Crippen molar-refractivity contribution >= 4 is 5.97 Å². The Morgan fingerprint density at radius 3 is 2.57 bits per heavy atom. The van der Waals surface area contributed by atoms with Crippen LogP contribution in [0.2, 0.25) is 0 Å². The van der Waals surface area contributed by atoms with Gasteiger partial charge in [0.15, 0.2) is 4.98 Å². The molecule has 4 heteroatoms. The fraction of sp³-hybridized carbons (Fsp3) is 0. The van der Waals surface area contributed by atoms with Crippen LogP contribution < -0.4 is 0 Å². The number of diazo groups is 1. The molecule has 36 valence electrons. The highest BCUT2D eigenvalue weighted by Gasteiger charge is 1.87. The zero-order chi connectivity index (χ0) is 5.70. The van der Waals surface area contributed by atoms with Gasteiger partial charge in [-0.05, 0) is 0 Å². The van der Waals surface area contributed by atoms with Crippen molar-refractivity contribution in [2.45, 2.75) is 0 Å². The van der Waals surface area contributed by atoms with Gasteiger partial charge in [-0.1, -0.05) is 0 Å². The Morgan fingerprint density at radius 1 is 1.86 bits per heavy atom. The third-order valence-corrected chi connectivity index (χ3v) is 0.284. The quantitative estimate of drug-likeness (QED) is 0.383. The summed E-state index contributed by atoms with van der Waals surface area (Å²) in [5.41, 5.74) is 0. The maximum absolute atomic E-state index is 9.50. The summed E-state index contributed by atoms with van der Waals surface area (Å²) in [4.78, 5) is 11.9. The van der Waals surface area contributed by atoms with E-state index in [4.69, 9.17) is 10.5 Å².